The average molecular weight is 351 g/mol. The molecule has 0 saturated carbocycles. The molecule has 0 unspecified atom stereocenters. The van der Waals surface area contributed by atoms with E-state index in [0.717, 1.165) is 13.1 Å². The monoisotopic (exact) mass is 351 g/mol. The first-order valence-electron chi connectivity index (χ1n) is 9.71. The van der Waals surface area contributed by atoms with E-state index in [1.165, 1.54) is 42.6 Å². The highest BCUT2D eigenvalue weighted by atomic mass is 16.5. The van der Waals surface area contributed by atoms with E-state index in [1.54, 1.807) is 0 Å². The lowest BCUT2D eigenvalue weighted by atomic mass is 9.87. The molecule has 2 aliphatic rings. The van der Waals surface area contributed by atoms with E-state index in [9.17, 15) is 0 Å². The van der Waals surface area contributed by atoms with Crippen LogP contribution in [0, 0.1) is 6.92 Å². The van der Waals surface area contributed by atoms with E-state index in [2.05, 4.69) is 52.0 Å². The van der Waals surface area contributed by atoms with Crippen LogP contribution in [0.4, 0.5) is 0 Å². The first-order valence-corrected chi connectivity index (χ1v) is 9.71. The molecule has 138 valence electrons. The van der Waals surface area contributed by atoms with Crippen LogP contribution in [0.15, 0.2) is 48.8 Å². The molecule has 0 bridgehead atoms. The number of hydrogen-bond donors (Lipinski definition) is 0. The van der Waals surface area contributed by atoms with Gasteiger partial charge < -0.3 is 4.74 Å². The van der Waals surface area contributed by atoms with Crippen molar-refractivity contribution in [1.82, 2.24) is 14.8 Å². The zero-order valence-corrected chi connectivity index (χ0v) is 15.8. The van der Waals surface area contributed by atoms with Crippen molar-refractivity contribution in [2.24, 2.45) is 0 Å². The van der Waals surface area contributed by atoms with Crippen molar-refractivity contribution in [3.63, 3.8) is 0 Å². The van der Waals surface area contributed by atoms with Crippen molar-refractivity contribution >= 4 is 0 Å². The molecule has 0 radical (unpaired) electrons. The molecule has 2 aliphatic heterocycles. The summed E-state index contributed by atoms with van der Waals surface area (Å²) in [4.78, 5) is 9.54. The molecule has 26 heavy (non-hydrogen) atoms. The maximum absolute atomic E-state index is 5.71. The highest BCUT2D eigenvalue weighted by Gasteiger charge is 2.44. The number of benzene rings is 1. The van der Waals surface area contributed by atoms with Gasteiger partial charge in [-0.05, 0) is 50.0 Å². The van der Waals surface area contributed by atoms with Gasteiger partial charge in [-0.15, -0.1) is 0 Å². The average Bonchev–Trinajstić information content (AvgIpc) is 2.64. The number of aryl methyl sites for hydroxylation is 1. The Morgan fingerprint density at radius 3 is 2.69 bits per heavy atom. The molecule has 1 aromatic heterocycles. The summed E-state index contributed by atoms with van der Waals surface area (Å²) in [5.74, 6) is 0. The van der Waals surface area contributed by atoms with Crippen molar-refractivity contribution in [2.45, 2.75) is 44.5 Å². The predicted molar refractivity (Wildman–Crippen MR) is 104 cm³/mol. The molecule has 2 fully saturated rings. The molecule has 0 N–H and O–H groups in total. The molecule has 4 rings (SSSR count). The Balaban J connectivity index is 1.35. The largest absolute Gasteiger partial charge is 0.378 e. The lowest BCUT2D eigenvalue weighted by Crippen LogP contribution is -2.60. The van der Waals surface area contributed by atoms with Gasteiger partial charge in [0, 0.05) is 38.6 Å². The van der Waals surface area contributed by atoms with E-state index in [1.807, 2.05) is 25.6 Å². The molecule has 2 atom stereocenters. The third kappa shape index (κ3) is 3.68. The van der Waals surface area contributed by atoms with Crippen LogP contribution in [-0.4, -0.2) is 53.7 Å². The molecule has 0 amide bonds. The third-order valence-electron chi connectivity index (χ3n) is 5.94. The van der Waals surface area contributed by atoms with Crippen LogP contribution in [0.25, 0.3) is 0 Å². The summed E-state index contributed by atoms with van der Waals surface area (Å²) in [7, 11) is 1.83. The Bertz CT molecular complexity index is 712. The Labute approximate surface area is 156 Å². The predicted octanol–water partition coefficient (Wildman–Crippen LogP) is 3.43. The van der Waals surface area contributed by atoms with Gasteiger partial charge in [-0.3, -0.25) is 14.8 Å². The van der Waals surface area contributed by atoms with E-state index in [4.69, 9.17) is 4.74 Å². The summed E-state index contributed by atoms with van der Waals surface area (Å²) in [6.45, 7) is 6.63. The van der Waals surface area contributed by atoms with Crippen LogP contribution >= 0.6 is 0 Å². The Morgan fingerprint density at radius 2 is 2.00 bits per heavy atom. The van der Waals surface area contributed by atoms with Crippen LogP contribution < -0.4 is 0 Å². The van der Waals surface area contributed by atoms with Crippen molar-refractivity contribution in [2.75, 3.05) is 26.7 Å². The number of pyridine rings is 1. The van der Waals surface area contributed by atoms with E-state index >= 15 is 0 Å². The summed E-state index contributed by atoms with van der Waals surface area (Å²) in [5.41, 5.74) is 4.07. The van der Waals surface area contributed by atoms with E-state index in [-0.39, 0.29) is 0 Å². The van der Waals surface area contributed by atoms with Gasteiger partial charge in [-0.2, -0.15) is 0 Å². The number of hydrogen-bond acceptors (Lipinski definition) is 4. The SMILES string of the molecule is CO[C@H]1CN(C2CCN(Cc3cccc(C)c3)CC2)[C@H]1c1cccnc1. The van der Waals surface area contributed by atoms with E-state index in [0.29, 0.717) is 18.2 Å². The quantitative estimate of drug-likeness (QED) is 0.825. The number of methoxy groups -OCH3 is 1. The second kappa shape index (κ2) is 7.87. The van der Waals surface area contributed by atoms with Gasteiger partial charge in [-0.25, -0.2) is 0 Å². The highest BCUT2D eigenvalue weighted by Crippen LogP contribution is 2.39. The van der Waals surface area contributed by atoms with Gasteiger partial charge in [0.2, 0.25) is 0 Å². The minimum Gasteiger partial charge on any atom is -0.378 e. The number of nitrogens with zero attached hydrogens (tertiary/aromatic N) is 3. The smallest absolute Gasteiger partial charge is 0.0895 e. The minimum absolute atomic E-state index is 0.296. The number of likely N-dealkylation sites (tertiary alicyclic amines) is 2. The van der Waals surface area contributed by atoms with Gasteiger partial charge >= 0.3 is 0 Å². The van der Waals surface area contributed by atoms with Gasteiger partial charge in [-0.1, -0.05) is 35.9 Å². The number of rotatable bonds is 5. The molecule has 1 aromatic carbocycles. The molecule has 4 heteroatoms. The maximum atomic E-state index is 5.71. The molecule has 3 heterocycles. The zero-order chi connectivity index (χ0) is 17.9. The summed E-state index contributed by atoms with van der Waals surface area (Å²) >= 11 is 0. The Kier molecular flexibility index (Phi) is 5.34. The van der Waals surface area contributed by atoms with Gasteiger partial charge in [0.05, 0.1) is 12.1 Å². The first-order chi connectivity index (χ1) is 12.7. The number of ether oxygens (including phenoxy) is 1. The standard InChI is InChI=1S/C22H29N3O/c1-17-5-3-6-18(13-17)15-24-11-8-20(9-12-24)25-16-21(26-2)22(25)19-7-4-10-23-14-19/h3-7,10,13-14,20-22H,8-9,11-12,15-16H2,1-2H3/t21-,22-/m0/s1. The topological polar surface area (TPSA) is 28.6 Å². The molecular formula is C22H29N3O. The molecule has 4 nitrogen and oxygen atoms in total. The summed E-state index contributed by atoms with van der Waals surface area (Å²) in [5, 5.41) is 0. The normalized spacial score (nSPS) is 25.2. The fourth-order valence-electron chi connectivity index (χ4n) is 4.51. The summed E-state index contributed by atoms with van der Waals surface area (Å²) in [6.07, 6.45) is 6.61. The van der Waals surface area contributed by atoms with Gasteiger partial charge in [0.15, 0.2) is 0 Å². The third-order valence-corrected chi connectivity index (χ3v) is 5.94. The van der Waals surface area contributed by atoms with Crippen LogP contribution in [0.2, 0.25) is 0 Å². The Hall–Kier alpha value is -1.75. The molecule has 2 saturated heterocycles. The molecular weight excluding hydrogens is 322 g/mol. The fraction of sp³-hybridized carbons (Fsp3) is 0.500. The lowest BCUT2D eigenvalue weighted by molar-refractivity contribution is -0.117. The number of piperidine rings is 1. The fourth-order valence-corrected chi connectivity index (χ4v) is 4.51. The van der Waals surface area contributed by atoms with Crippen LogP contribution in [0.3, 0.4) is 0 Å². The second-order valence-corrected chi connectivity index (χ2v) is 7.70. The summed E-state index contributed by atoms with van der Waals surface area (Å²) in [6, 6.07) is 14.1. The van der Waals surface area contributed by atoms with Crippen LogP contribution in [-0.2, 0) is 11.3 Å². The second-order valence-electron chi connectivity index (χ2n) is 7.70. The van der Waals surface area contributed by atoms with Crippen LogP contribution in [0.5, 0.6) is 0 Å². The highest BCUT2D eigenvalue weighted by molar-refractivity contribution is 5.22. The zero-order valence-electron chi connectivity index (χ0n) is 15.8. The van der Waals surface area contributed by atoms with Crippen LogP contribution in [0.1, 0.15) is 35.6 Å². The number of aromatic nitrogens is 1. The summed E-state index contributed by atoms with van der Waals surface area (Å²) < 4.78 is 5.71. The van der Waals surface area contributed by atoms with Gasteiger partial charge in [0.1, 0.15) is 0 Å². The van der Waals surface area contributed by atoms with Crippen molar-refractivity contribution in [1.29, 1.82) is 0 Å². The van der Waals surface area contributed by atoms with Crippen molar-refractivity contribution < 1.29 is 4.74 Å². The lowest BCUT2D eigenvalue weighted by Gasteiger charge is -2.53. The first kappa shape index (κ1) is 17.7. The Morgan fingerprint density at radius 1 is 1.15 bits per heavy atom. The van der Waals surface area contributed by atoms with Gasteiger partial charge in [0.25, 0.3) is 0 Å². The van der Waals surface area contributed by atoms with Crippen molar-refractivity contribution in [3.05, 3.63) is 65.5 Å². The van der Waals surface area contributed by atoms with Crippen molar-refractivity contribution in [3.8, 4) is 0 Å². The maximum Gasteiger partial charge on any atom is 0.0895 e. The minimum atomic E-state index is 0.296. The molecule has 0 aliphatic carbocycles. The molecule has 0 spiro atoms. The van der Waals surface area contributed by atoms with E-state index < -0.39 is 0 Å². The molecule has 2 aromatic rings.